The van der Waals surface area contributed by atoms with Gasteiger partial charge in [-0.1, -0.05) is 24.3 Å². The van der Waals surface area contributed by atoms with Gasteiger partial charge in [-0.15, -0.1) is 0 Å². The maximum atomic E-state index is 12.8. The van der Waals surface area contributed by atoms with E-state index in [0.29, 0.717) is 30.6 Å². The minimum Gasteiger partial charge on any atom is -0.496 e. The Morgan fingerprint density at radius 2 is 1.93 bits per heavy atom. The highest BCUT2D eigenvalue weighted by molar-refractivity contribution is 5.81. The summed E-state index contributed by atoms with van der Waals surface area (Å²) in [6.07, 6.45) is 6.55. The number of nitrogens with zero attached hydrogens (tertiary/aromatic N) is 3. The number of ether oxygens (including phenoxy) is 1. The molecule has 2 bridgehead atoms. The van der Waals surface area contributed by atoms with E-state index in [1.165, 1.54) is 4.68 Å². The van der Waals surface area contributed by atoms with E-state index in [2.05, 4.69) is 17.3 Å². The van der Waals surface area contributed by atoms with Gasteiger partial charge >= 0.3 is 0 Å². The molecule has 1 saturated carbocycles. The molecule has 2 fully saturated rings. The summed E-state index contributed by atoms with van der Waals surface area (Å²) in [5.41, 5.74) is 1.40. The highest BCUT2D eigenvalue weighted by Gasteiger charge is 2.44. The number of hydrogen-bond donors (Lipinski definition) is 0. The number of para-hydroxylation sites is 1. The van der Waals surface area contributed by atoms with Crippen molar-refractivity contribution in [2.75, 3.05) is 20.2 Å². The first-order valence-electron chi connectivity index (χ1n) is 9.84. The molecule has 144 valence electrons. The van der Waals surface area contributed by atoms with Crippen molar-refractivity contribution in [1.82, 2.24) is 14.7 Å². The Bertz CT molecular complexity index is 1010. The third-order valence-corrected chi connectivity index (χ3v) is 6.32. The molecule has 1 aromatic carbocycles. The monoisotopic (exact) mass is 377 g/mol. The van der Waals surface area contributed by atoms with Gasteiger partial charge in [0.2, 0.25) is 5.91 Å². The minimum atomic E-state index is -0.140. The molecule has 3 unspecified atom stereocenters. The molecule has 0 N–H and O–H groups in total. The van der Waals surface area contributed by atoms with E-state index in [0.717, 1.165) is 24.2 Å². The molecule has 3 atom stereocenters. The van der Waals surface area contributed by atoms with Crippen LogP contribution >= 0.6 is 0 Å². The van der Waals surface area contributed by atoms with Crippen molar-refractivity contribution in [3.05, 3.63) is 58.9 Å². The van der Waals surface area contributed by atoms with Crippen LogP contribution in [0.3, 0.4) is 0 Å². The number of hydrogen-bond acceptors (Lipinski definition) is 4. The number of rotatable bonds is 4. The van der Waals surface area contributed by atoms with Crippen molar-refractivity contribution >= 4 is 5.91 Å². The number of carbonyl (C=O) groups is 1. The van der Waals surface area contributed by atoms with Crippen molar-refractivity contribution in [3.8, 4) is 17.0 Å². The summed E-state index contributed by atoms with van der Waals surface area (Å²) >= 11 is 0. The van der Waals surface area contributed by atoms with Gasteiger partial charge in [-0.3, -0.25) is 9.59 Å². The summed E-state index contributed by atoms with van der Waals surface area (Å²) in [7, 11) is 1.62. The fourth-order valence-corrected chi connectivity index (χ4v) is 4.78. The normalized spacial score (nSPS) is 25.8. The number of likely N-dealkylation sites (tertiary alicyclic amines) is 1. The van der Waals surface area contributed by atoms with Crippen LogP contribution < -0.4 is 10.3 Å². The largest absolute Gasteiger partial charge is 0.496 e. The Hall–Kier alpha value is -2.89. The fraction of sp³-hybridized carbons (Fsp3) is 0.409. The zero-order valence-corrected chi connectivity index (χ0v) is 15.8. The van der Waals surface area contributed by atoms with E-state index in [-0.39, 0.29) is 23.4 Å². The van der Waals surface area contributed by atoms with Crippen LogP contribution in [-0.2, 0) is 4.79 Å². The lowest BCUT2D eigenvalue weighted by molar-refractivity contribution is -0.142. The molecule has 3 aliphatic rings. The third kappa shape index (κ3) is 2.75. The first-order valence-corrected chi connectivity index (χ1v) is 9.84. The fourth-order valence-electron chi connectivity index (χ4n) is 4.78. The topological polar surface area (TPSA) is 64.4 Å². The maximum Gasteiger partial charge on any atom is 0.267 e. The van der Waals surface area contributed by atoms with Gasteiger partial charge in [0, 0.05) is 30.6 Å². The summed E-state index contributed by atoms with van der Waals surface area (Å²) in [4.78, 5) is 27.1. The average Bonchev–Trinajstić information content (AvgIpc) is 3.31. The number of allylic oxidation sites excluding steroid dienone is 2. The van der Waals surface area contributed by atoms with Gasteiger partial charge in [0.1, 0.15) is 5.75 Å². The highest BCUT2D eigenvalue weighted by atomic mass is 16.5. The average molecular weight is 377 g/mol. The molecule has 2 aliphatic carbocycles. The quantitative estimate of drug-likeness (QED) is 0.768. The van der Waals surface area contributed by atoms with E-state index in [1.54, 1.807) is 19.2 Å². The SMILES string of the molecule is COc1ccccc1-c1ccc(=O)n(C2CN(C(=O)C3CC4C=CC3C4)C2)n1. The molecule has 6 nitrogen and oxygen atoms in total. The number of methoxy groups -OCH3 is 1. The second kappa shape index (κ2) is 6.62. The van der Waals surface area contributed by atoms with Crippen LogP contribution in [0, 0.1) is 17.8 Å². The molecular weight excluding hydrogens is 354 g/mol. The number of amides is 1. The zero-order valence-electron chi connectivity index (χ0n) is 15.8. The number of carbonyl (C=O) groups excluding carboxylic acids is 1. The lowest BCUT2D eigenvalue weighted by atomic mass is 9.91. The summed E-state index contributed by atoms with van der Waals surface area (Å²) < 4.78 is 6.93. The number of benzene rings is 1. The van der Waals surface area contributed by atoms with E-state index in [4.69, 9.17) is 4.74 Å². The molecule has 0 spiro atoms. The molecule has 28 heavy (non-hydrogen) atoms. The van der Waals surface area contributed by atoms with E-state index < -0.39 is 0 Å². The summed E-state index contributed by atoms with van der Waals surface area (Å²) in [5, 5.41) is 4.58. The molecule has 1 aromatic heterocycles. The van der Waals surface area contributed by atoms with Crippen molar-refractivity contribution < 1.29 is 9.53 Å². The Morgan fingerprint density at radius 3 is 2.64 bits per heavy atom. The summed E-state index contributed by atoms with van der Waals surface area (Å²) in [6, 6.07) is 10.8. The van der Waals surface area contributed by atoms with Gasteiger partial charge < -0.3 is 9.64 Å². The molecule has 5 rings (SSSR count). The zero-order chi connectivity index (χ0) is 19.3. The highest BCUT2D eigenvalue weighted by Crippen LogP contribution is 2.44. The Labute approximate surface area is 163 Å². The van der Waals surface area contributed by atoms with Crippen LogP contribution in [0.25, 0.3) is 11.3 Å². The van der Waals surface area contributed by atoms with Crippen LogP contribution in [0.4, 0.5) is 0 Å². The smallest absolute Gasteiger partial charge is 0.267 e. The van der Waals surface area contributed by atoms with Gasteiger partial charge in [0.05, 0.1) is 18.8 Å². The lowest BCUT2D eigenvalue weighted by Crippen LogP contribution is -2.55. The summed E-state index contributed by atoms with van der Waals surface area (Å²) in [6.45, 7) is 1.11. The molecule has 0 radical (unpaired) electrons. The van der Waals surface area contributed by atoms with Crippen molar-refractivity contribution in [2.24, 2.45) is 17.8 Å². The van der Waals surface area contributed by atoms with Crippen LogP contribution in [-0.4, -0.2) is 40.8 Å². The van der Waals surface area contributed by atoms with Gasteiger partial charge in [0.15, 0.2) is 0 Å². The molecule has 6 heteroatoms. The first-order chi connectivity index (χ1) is 13.6. The predicted molar refractivity (Wildman–Crippen MR) is 105 cm³/mol. The molecular formula is C22H23N3O3. The molecule has 1 amide bonds. The van der Waals surface area contributed by atoms with E-state index in [9.17, 15) is 9.59 Å². The van der Waals surface area contributed by atoms with Crippen molar-refractivity contribution in [2.45, 2.75) is 18.9 Å². The maximum absolute atomic E-state index is 12.8. The Balaban J connectivity index is 1.33. The van der Waals surface area contributed by atoms with Crippen LogP contribution in [0.1, 0.15) is 18.9 Å². The Morgan fingerprint density at radius 1 is 1.11 bits per heavy atom. The number of aromatic nitrogens is 2. The van der Waals surface area contributed by atoms with E-state index >= 15 is 0 Å². The lowest BCUT2D eigenvalue weighted by Gasteiger charge is -2.41. The van der Waals surface area contributed by atoms with Crippen molar-refractivity contribution in [3.63, 3.8) is 0 Å². The second-order valence-electron chi connectivity index (χ2n) is 7.99. The molecule has 1 saturated heterocycles. The van der Waals surface area contributed by atoms with Crippen LogP contribution in [0.2, 0.25) is 0 Å². The van der Waals surface area contributed by atoms with Gasteiger partial charge in [-0.05, 0) is 42.9 Å². The second-order valence-corrected chi connectivity index (χ2v) is 7.99. The molecule has 2 heterocycles. The standard InChI is InChI=1S/C22H23N3O3/c1-28-20-5-3-2-4-17(20)19-8-9-21(26)25(23-19)16-12-24(13-16)22(27)18-11-14-6-7-15(18)10-14/h2-9,14-16,18H,10-13H2,1H3. The number of fused-ring (bicyclic) bond motifs is 2. The molecule has 1 aliphatic heterocycles. The van der Waals surface area contributed by atoms with Crippen LogP contribution in [0.5, 0.6) is 5.75 Å². The first kappa shape index (κ1) is 17.2. The third-order valence-electron chi connectivity index (χ3n) is 6.32. The van der Waals surface area contributed by atoms with E-state index in [1.807, 2.05) is 29.2 Å². The Kier molecular flexibility index (Phi) is 4.07. The van der Waals surface area contributed by atoms with Crippen molar-refractivity contribution in [1.29, 1.82) is 0 Å². The van der Waals surface area contributed by atoms with Gasteiger partial charge in [-0.2, -0.15) is 5.10 Å². The van der Waals surface area contributed by atoms with Gasteiger partial charge in [-0.25, -0.2) is 4.68 Å². The van der Waals surface area contributed by atoms with Crippen LogP contribution in [0.15, 0.2) is 53.3 Å². The molecule has 2 aromatic rings. The summed E-state index contributed by atoms with van der Waals surface area (Å²) in [5.74, 6) is 2.07. The predicted octanol–water partition coefficient (Wildman–Crippen LogP) is 2.51. The van der Waals surface area contributed by atoms with Gasteiger partial charge in [0.25, 0.3) is 5.56 Å². The minimum absolute atomic E-state index is 0.0692.